The van der Waals surface area contributed by atoms with E-state index in [0.717, 1.165) is 0 Å². The number of aromatic amines is 1. The van der Waals surface area contributed by atoms with Crippen molar-refractivity contribution in [2.75, 3.05) is 13.7 Å². The Balaban J connectivity index is 0.00000147. The fourth-order valence-corrected chi connectivity index (χ4v) is 2.94. The molecule has 9 heteroatoms. The lowest BCUT2D eigenvalue weighted by Gasteiger charge is -2.05. The molecule has 3 heterocycles. The number of ether oxygens (including phenoxy) is 1. The summed E-state index contributed by atoms with van der Waals surface area (Å²) in [5.41, 5.74) is 0.235. The number of fused-ring (bicyclic) bond motifs is 3. The van der Waals surface area contributed by atoms with Gasteiger partial charge in [0.25, 0.3) is 5.56 Å². The lowest BCUT2D eigenvalue weighted by atomic mass is 10.4. The number of thiophene rings is 1. The molecule has 3 rings (SSSR count). The Morgan fingerprint density at radius 3 is 2.85 bits per heavy atom. The largest absolute Gasteiger partial charge is 0.383 e. The Hall–Kier alpha value is -1.77. The highest BCUT2D eigenvalue weighted by Crippen LogP contribution is 2.26. The zero-order chi connectivity index (χ0) is 13.4. The fraction of sp³-hybridized carbons (Fsp3) is 0.273. The van der Waals surface area contributed by atoms with Crippen LogP contribution in [-0.2, 0) is 11.3 Å². The van der Waals surface area contributed by atoms with Crippen molar-refractivity contribution in [2.45, 2.75) is 6.54 Å². The van der Waals surface area contributed by atoms with E-state index in [1.807, 2.05) is 0 Å². The van der Waals surface area contributed by atoms with Crippen molar-refractivity contribution in [3.8, 4) is 0 Å². The molecule has 20 heavy (non-hydrogen) atoms. The van der Waals surface area contributed by atoms with Crippen molar-refractivity contribution < 1.29 is 4.74 Å². The Kier molecular flexibility index (Phi) is 4.17. The van der Waals surface area contributed by atoms with Crippen LogP contribution in [0.4, 0.5) is 0 Å². The van der Waals surface area contributed by atoms with Gasteiger partial charge in [-0.15, -0.1) is 23.7 Å². The highest BCUT2D eigenvalue weighted by atomic mass is 35.5. The lowest BCUT2D eigenvalue weighted by molar-refractivity contribution is 0.187. The molecule has 0 bridgehead atoms. The van der Waals surface area contributed by atoms with Crippen LogP contribution in [0.5, 0.6) is 0 Å². The highest BCUT2D eigenvalue weighted by Gasteiger charge is 2.15. The number of H-pyrrole nitrogens is 1. The van der Waals surface area contributed by atoms with E-state index in [-0.39, 0.29) is 12.4 Å². The summed E-state index contributed by atoms with van der Waals surface area (Å²) in [4.78, 5) is 35.1. The van der Waals surface area contributed by atoms with E-state index >= 15 is 0 Å². The van der Waals surface area contributed by atoms with Crippen LogP contribution in [0.3, 0.4) is 0 Å². The van der Waals surface area contributed by atoms with E-state index in [9.17, 15) is 9.59 Å². The predicted molar refractivity (Wildman–Crippen MR) is 78.9 cm³/mol. The van der Waals surface area contributed by atoms with Gasteiger partial charge in [-0.3, -0.25) is 14.3 Å². The van der Waals surface area contributed by atoms with Crippen molar-refractivity contribution in [3.63, 3.8) is 0 Å². The molecule has 0 radical (unpaired) electrons. The maximum Gasteiger partial charge on any atom is 0.329 e. The molecule has 0 atom stereocenters. The molecule has 0 saturated carbocycles. The Morgan fingerprint density at radius 2 is 2.10 bits per heavy atom. The number of hydrogen-bond acceptors (Lipinski definition) is 6. The molecule has 0 unspecified atom stereocenters. The van der Waals surface area contributed by atoms with Gasteiger partial charge in [0.2, 0.25) is 0 Å². The van der Waals surface area contributed by atoms with Crippen LogP contribution >= 0.6 is 23.7 Å². The number of aromatic nitrogens is 4. The van der Waals surface area contributed by atoms with Gasteiger partial charge in [-0.05, 0) is 0 Å². The summed E-state index contributed by atoms with van der Waals surface area (Å²) in [5, 5.41) is 0. The summed E-state index contributed by atoms with van der Waals surface area (Å²) in [6.45, 7) is 0.726. The molecule has 0 spiro atoms. The van der Waals surface area contributed by atoms with Crippen LogP contribution in [0.1, 0.15) is 0 Å². The third-order valence-electron chi connectivity index (χ3n) is 2.76. The second-order valence-corrected chi connectivity index (χ2v) is 4.89. The number of rotatable bonds is 3. The van der Waals surface area contributed by atoms with Gasteiger partial charge in [-0.2, -0.15) is 0 Å². The van der Waals surface area contributed by atoms with Crippen LogP contribution < -0.4 is 11.2 Å². The normalized spacial score (nSPS) is 10.8. The monoisotopic (exact) mass is 314 g/mol. The van der Waals surface area contributed by atoms with Gasteiger partial charge in [0, 0.05) is 19.5 Å². The lowest BCUT2D eigenvalue weighted by Crippen LogP contribution is -2.30. The SMILES string of the molecule is COCCn1c(=O)[nH]c(=O)c2sc3nccnc3c21.Cl. The van der Waals surface area contributed by atoms with Crippen molar-refractivity contribution in [1.82, 2.24) is 19.5 Å². The maximum absolute atomic E-state index is 11.9. The molecule has 3 aromatic heterocycles. The van der Waals surface area contributed by atoms with Gasteiger partial charge in [-0.25, -0.2) is 14.8 Å². The molecule has 0 aliphatic heterocycles. The first-order valence-electron chi connectivity index (χ1n) is 5.57. The van der Waals surface area contributed by atoms with Crippen LogP contribution in [-0.4, -0.2) is 33.2 Å². The Labute approximate surface area is 122 Å². The fourth-order valence-electron chi connectivity index (χ4n) is 1.94. The minimum Gasteiger partial charge on any atom is -0.383 e. The number of halogens is 1. The third-order valence-corrected chi connectivity index (χ3v) is 3.84. The topological polar surface area (TPSA) is 89.9 Å². The molecule has 3 aromatic rings. The van der Waals surface area contributed by atoms with E-state index in [0.29, 0.717) is 33.7 Å². The molecule has 0 aliphatic rings. The maximum atomic E-state index is 11.9. The summed E-state index contributed by atoms with van der Waals surface area (Å²) >= 11 is 1.23. The second-order valence-electron chi connectivity index (χ2n) is 3.89. The molecule has 0 aromatic carbocycles. The van der Waals surface area contributed by atoms with Gasteiger partial charge in [0.1, 0.15) is 15.0 Å². The van der Waals surface area contributed by atoms with E-state index < -0.39 is 11.2 Å². The molecular weight excluding hydrogens is 304 g/mol. The first-order valence-corrected chi connectivity index (χ1v) is 6.39. The standard InChI is InChI=1S/C11H10N4O3S.ClH/c1-18-5-4-15-7-6-10(13-3-2-12-6)19-8(7)9(16)14-11(15)17;/h2-3H,4-5H2,1H3,(H,14,16,17);1H. The van der Waals surface area contributed by atoms with Crippen LogP contribution in [0.25, 0.3) is 20.6 Å². The Morgan fingerprint density at radius 1 is 1.35 bits per heavy atom. The van der Waals surface area contributed by atoms with Gasteiger partial charge in [0.05, 0.1) is 18.7 Å². The van der Waals surface area contributed by atoms with E-state index in [4.69, 9.17) is 4.74 Å². The van der Waals surface area contributed by atoms with Gasteiger partial charge < -0.3 is 4.74 Å². The van der Waals surface area contributed by atoms with Crippen molar-refractivity contribution >= 4 is 44.3 Å². The molecule has 0 fully saturated rings. The average Bonchev–Trinajstić information content (AvgIpc) is 2.79. The molecule has 7 nitrogen and oxygen atoms in total. The van der Waals surface area contributed by atoms with Crippen molar-refractivity contribution in [2.24, 2.45) is 0 Å². The first kappa shape index (κ1) is 14.6. The Bertz CT molecular complexity index is 869. The van der Waals surface area contributed by atoms with Crippen LogP contribution in [0.2, 0.25) is 0 Å². The summed E-state index contributed by atoms with van der Waals surface area (Å²) in [5.74, 6) is 0. The molecule has 1 N–H and O–H groups in total. The molecular formula is C11H11ClN4O3S. The van der Waals surface area contributed by atoms with E-state index in [1.54, 1.807) is 19.5 Å². The molecule has 0 aliphatic carbocycles. The smallest absolute Gasteiger partial charge is 0.329 e. The molecule has 0 amide bonds. The summed E-state index contributed by atoms with van der Waals surface area (Å²) < 4.78 is 6.91. The van der Waals surface area contributed by atoms with Crippen molar-refractivity contribution in [1.29, 1.82) is 0 Å². The van der Waals surface area contributed by atoms with Gasteiger partial charge >= 0.3 is 5.69 Å². The zero-order valence-corrected chi connectivity index (χ0v) is 12.1. The van der Waals surface area contributed by atoms with Gasteiger partial charge in [0.15, 0.2) is 0 Å². The van der Waals surface area contributed by atoms with Gasteiger partial charge in [-0.1, -0.05) is 0 Å². The number of nitrogens with zero attached hydrogens (tertiary/aromatic N) is 3. The van der Waals surface area contributed by atoms with E-state index in [1.165, 1.54) is 15.9 Å². The van der Waals surface area contributed by atoms with E-state index in [2.05, 4.69) is 15.0 Å². The minimum absolute atomic E-state index is 0. The van der Waals surface area contributed by atoms with Crippen molar-refractivity contribution in [3.05, 3.63) is 33.2 Å². The molecule has 106 valence electrons. The minimum atomic E-state index is -0.458. The third kappa shape index (κ3) is 2.21. The highest BCUT2D eigenvalue weighted by molar-refractivity contribution is 7.25. The van der Waals surface area contributed by atoms with Crippen LogP contribution in [0.15, 0.2) is 22.0 Å². The number of methoxy groups -OCH3 is 1. The van der Waals surface area contributed by atoms with Crippen LogP contribution in [0, 0.1) is 0 Å². The summed E-state index contributed by atoms with van der Waals surface area (Å²) in [6.07, 6.45) is 3.10. The summed E-state index contributed by atoms with van der Waals surface area (Å²) in [7, 11) is 1.56. The number of hydrogen-bond donors (Lipinski definition) is 1. The zero-order valence-electron chi connectivity index (χ0n) is 10.5. The molecule has 0 saturated heterocycles. The summed E-state index contributed by atoms with van der Waals surface area (Å²) in [6, 6.07) is 0. The average molecular weight is 315 g/mol. The predicted octanol–water partition coefficient (Wildman–Crippen LogP) is 0.763. The number of nitrogens with one attached hydrogen (secondary N) is 1. The first-order chi connectivity index (χ1) is 9.22. The quantitative estimate of drug-likeness (QED) is 0.771. The second kappa shape index (κ2) is 5.70.